The zero-order valence-corrected chi connectivity index (χ0v) is 19.5. The van der Waals surface area contributed by atoms with E-state index in [0.717, 1.165) is 5.39 Å². The van der Waals surface area contributed by atoms with E-state index in [0.29, 0.717) is 40.0 Å². The molecular formula is C24H23N5O6. The van der Waals surface area contributed by atoms with Crippen LogP contribution in [0.1, 0.15) is 10.5 Å². The summed E-state index contributed by atoms with van der Waals surface area (Å²) < 4.78 is 23.8. The Labute approximate surface area is 200 Å². The maximum atomic E-state index is 12.3. The highest BCUT2D eigenvalue weighted by atomic mass is 16.5. The summed E-state index contributed by atoms with van der Waals surface area (Å²) in [5.41, 5.74) is 1.13. The maximum Gasteiger partial charge on any atom is 0.326 e. The number of aryl methyl sites for hydroxylation is 1. The number of carbonyl (C=O) groups is 2. The van der Waals surface area contributed by atoms with Gasteiger partial charge in [0.05, 0.1) is 38.9 Å². The number of pyridine rings is 1. The van der Waals surface area contributed by atoms with Gasteiger partial charge in [0.2, 0.25) is 0 Å². The lowest BCUT2D eigenvalue weighted by Crippen LogP contribution is -2.34. The molecule has 0 radical (unpaired) electrons. The summed E-state index contributed by atoms with van der Waals surface area (Å²) in [6.45, 7) is 0. The molecule has 0 bridgehead atoms. The third-order valence-electron chi connectivity index (χ3n) is 5.02. The van der Waals surface area contributed by atoms with E-state index in [4.69, 9.17) is 18.9 Å². The molecule has 2 N–H and O–H groups in total. The minimum absolute atomic E-state index is 0.122. The molecule has 0 aliphatic heterocycles. The highest BCUT2D eigenvalue weighted by Crippen LogP contribution is 2.38. The molecule has 35 heavy (non-hydrogen) atoms. The van der Waals surface area contributed by atoms with Gasteiger partial charge in [-0.25, -0.2) is 9.78 Å². The van der Waals surface area contributed by atoms with Crippen molar-refractivity contribution in [2.24, 2.45) is 7.05 Å². The first kappa shape index (κ1) is 23.4. The van der Waals surface area contributed by atoms with Crippen LogP contribution in [0.4, 0.5) is 10.5 Å². The summed E-state index contributed by atoms with van der Waals surface area (Å²) in [5, 5.41) is 5.54. The molecule has 0 unspecified atom stereocenters. The molecular weight excluding hydrogens is 454 g/mol. The molecule has 180 valence electrons. The summed E-state index contributed by atoms with van der Waals surface area (Å²) in [7, 11) is 6.29. The zero-order valence-electron chi connectivity index (χ0n) is 19.5. The number of anilines is 1. The topological polar surface area (TPSA) is 126 Å². The quantitative estimate of drug-likeness (QED) is 0.412. The molecule has 0 atom stereocenters. The van der Waals surface area contributed by atoms with Gasteiger partial charge in [-0.15, -0.1) is 0 Å². The van der Waals surface area contributed by atoms with Gasteiger partial charge < -0.3 is 28.8 Å². The van der Waals surface area contributed by atoms with Gasteiger partial charge in [-0.2, -0.15) is 0 Å². The molecule has 11 nitrogen and oxygen atoms in total. The molecule has 4 rings (SSSR count). The molecule has 0 aliphatic carbocycles. The van der Waals surface area contributed by atoms with E-state index in [2.05, 4.69) is 20.6 Å². The van der Waals surface area contributed by atoms with Crippen molar-refractivity contribution in [2.45, 2.75) is 0 Å². The first-order valence-corrected chi connectivity index (χ1v) is 10.4. The van der Waals surface area contributed by atoms with E-state index in [9.17, 15) is 9.59 Å². The van der Waals surface area contributed by atoms with Crippen LogP contribution >= 0.6 is 0 Å². The van der Waals surface area contributed by atoms with Gasteiger partial charge in [-0.3, -0.25) is 15.1 Å². The number of methoxy groups -OCH3 is 3. The van der Waals surface area contributed by atoms with E-state index in [1.54, 1.807) is 68.4 Å². The number of urea groups is 1. The van der Waals surface area contributed by atoms with Crippen molar-refractivity contribution >= 4 is 28.5 Å². The summed E-state index contributed by atoms with van der Waals surface area (Å²) in [6.07, 6.45) is 4.59. The fourth-order valence-corrected chi connectivity index (χ4v) is 3.35. The fraction of sp³-hybridized carbons (Fsp3) is 0.167. The lowest BCUT2D eigenvalue weighted by Gasteiger charge is -2.14. The molecule has 0 fully saturated rings. The Morgan fingerprint density at radius 2 is 1.63 bits per heavy atom. The van der Waals surface area contributed by atoms with Crippen LogP contribution in [-0.2, 0) is 7.05 Å². The lowest BCUT2D eigenvalue weighted by atomic mass is 10.2. The number of ether oxygens (including phenoxy) is 4. The molecule has 0 saturated carbocycles. The van der Waals surface area contributed by atoms with Crippen LogP contribution in [0.25, 0.3) is 10.9 Å². The number of rotatable bonds is 7. The second-order valence-corrected chi connectivity index (χ2v) is 7.33. The number of aromatic nitrogens is 3. The van der Waals surface area contributed by atoms with Crippen LogP contribution in [0, 0.1) is 0 Å². The number of amides is 3. The minimum Gasteiger partial charge on any atom is -0.494 e. The van der Waals surface area contributed by atoms with Gasteiger partial charge >= 0.3 is 6.03 Å². The number of carbonyl (C=O) groups excluding carboxylic acids is 2. The predicted octanol–water partition coefficient (Wildman–Crippen LogP) is 3.75. The van der Waals surface area contributed by atoms with Gasteiger partial charge in [-0.1, -0.05) is 0 Å². The second-order valence-electron chi connectivity index (χ2n) is 7.33. The van der Waals surface area contributed by atoms with Gasteiger partial charge in [0.15, 0.2) is 11.5 Å². The van der Waals surface area contributed by atoms with E-state index in [-0.39, 0.29) is 5.69 Å². The van der Waals surface area contributed by atoms with Crippen molar-refractivity contribution in [1.82, 2.24) is 19.9 Å². The molecule has 2 aromatic heterocycles. The Kier molecular flexibility index (Phi) is 6.67. The number of benzene rings is 2. The molecule has 2 aromatic carbocycles. The van der Waals surface area contributed by atoms with Crippen molar-refractivity contribution in [3.8, 4) is 28.7 Å². The van der Waals surface area contributed by atoms with Crippen molar-refractivity contribution in [3.05, 3.63) is 60.8 Å². The number of nitrogens with one attached hydrogen (secondary N) is 2. The normalized spacial score (nSPS) is 10.5. The fourth-order valence-electron chi connectivity index (χ4n) is 3.35. The first-order valence-electron chi connectivity index (χ1n) is 10.4. The predicted molar refractivity (Wildman–Crippen MR) is 128 cm³/mol. The van der Waals surface area contributed by atoms with Gasteiger partial charge in [-0.05, 0) is 24.3 Å². The number of hydrogen-bond donors (Lipinski definition) is 2. The average Bonchev–Trinajstić information content (AvgIpc) is 3.30. The number of imide groups is 1. The van der Waals surface area contributed by atoms with Gasteiger partial charge in [0, 0.05) is 37.0 Å². The summed E-state index contributed by atoms with van der Waals surface area (Å²) in [5.74, 6) is 1.80. The van der Waals surface area contributed by atoms with Gasteiger partial charge in [0.1, 0.15) is 22.9 Å². The van der Waals surface area contributed by atoms with Gasteiger partial charge in [0.25, 0.3) is 5.91 Å². The van der Waals surface area contributed by atoms with Crippen LogP contribution in [0.3, 0.4) is 0 Å². The number of fused-ring (bicyclic) bond motifs is 1. The number of imidazole rings is 1. The number of hydrogen-bond acceptors (Lipinski definition) is 8. The Morgan fingerprint density at radius 3 is 2.31 bits per heavy atom. The molecule has 11 heteroatoms. The molecule has 0 spiro atoms. The number of nitrogens with zero attached hydrogens (tertiary/aromatic N) is 3. The Morgan fingerprint density at radius 1 is 0.886 bits per heavy atom. The second kappa shape index (κ2) is 10.00. The van der Waals surface area contributed by atoms with Crippen LogP contribution in [0.15, 0.2) is 55.1 Å². The van der Waals surface area contributed by atoms with Crippen LogP contribution < -0.4 is 29.6 Å². The third-order valence-corrected chi connectivity index (χ3v) is 5.02. The average molecular weight is 477 g/mol. The Balaban J connectivity index is 1.53. The monoisotopic (exact) mass is 477 g/mol. The third kappa shape index (κ3) is 5.08. The van der Waals surface area contributed by atoms with Crippen molar-refractivity contribution in [2.75, 3.05) is 26.6 Å². The smallest absolute Gasteiger partial charge is 0.326 e. The zero-order chi connectivity index (χ0) is 24.9. The van der Waals surface area contributed by atoms with E-state index in [1.807, 2.05) is 0 Å². The molecule has 2 heterocycles. The molecule has 4 aromatic rings. The summed E-state index contributed by atoms with van der Waals surface area (Å²) in [4.78, 5) is 32.7. The Hall–Kier alpha value is -4.80. The summed E-state index contributed by atoms with van der Waals surface area (Å²) in [6, 6.07) is 9.42. The van der Waals surface area contributed by atoms with Crippen LogP contribution in [0.2, 0.25) is 0 Å². The highest BCUT2D eigenvalue weighted by molar-refractivity contribution is 6.07. The van der Waals surface area contributed by atoms with Crippen LogP contribution in [0.5, 0.6) is 28.7 Å². The molecule has 0 saturated heterocycles. The van der Waals surface area contributed by atoms with E-state index >= 15 is 0 Å². The van der Waals surface area contributed by atoms with E-state index < -0.39 is 11.9 Å². The maximum absolute atomic E-state index is 12.3. The minimum atomic E-state index is -0.728. The van der Waals surface area contributed by atoms with Crippen LogP contribution in [-0.4, -0.2) is 47.8 Å². The SMILES string of the molecule is COc1cc(Oc2ccnc3cc(OC)c(OC)cc23)ccc1NC(=O)NC(=O)c1cn(C)cn1. The van der Waals surface area contributed by atoms with Crippen molar-refractivity contribution in [1.29, 1.82) is 0 Å². The molecule has 0 aliphatic rings. The lowest BCUT2D eigenvalue weighted by molar-refractivity contribution is 0.0962. The van der Waals surface area contributed by atoms with Crippen molar-refractivity contribution in [3.63, 3.8) is 0 Å². The summed E-state index contributed by atoms with van der Waals surface area (Å²) >= 11 is 0. The molecule has 3 amide bonds. The van der Waals surface area contributed by atoms with E-state index in [1.165, 1.54) is 19.6 Å². The standard InChI is InChI=1S/C24H23N5O6/c1-29-12-18(26-13-29)23(30)28-24(31)27-16-6-5-14(9-20(16)32-2)35-19-7-8-25-17-11-22(34-4)21(33-3)10-15(17)19/h5-13H,1-4H3,(H2,27,28,30,31). The first-order chi connectivity index (χ1) is 16.9. The van der Waals surface area contributed by atoms with Crippen molar-refractivity contribution < 1.29 is 28.5 Å². The highest BCUT2D eigenvalue weighted by Gasteiger charge is 2.16. The Bertz CT molecular complexity index is 1400. The largest absolute Gasteiger partial charge is 0.494 e.